The third-order valence-electron chi connectivity index (χ3n) is 3.49. The first-order valence-electron chi connectivity index (χ1n) is 4.65. The molecule has 3 nitrogen and oxygen atoms in total. The second-order valence-electron chi connectivity index (χ2n) is 4.32. The third-order valence-corrected chi connectivity index (χ3v) is 4.80. The van der Waals surface area contributed by atoms with Crippen LogP contribution in [0.15, 0.2) is 0 Å². The highest BCUT2D eigenvalue weighted by molar-refractivity contribution is 14.1. The molecule has 1 spiro atoms. The molecule has 0 N–H and O–H groups in total. The summed E-state index contributed by atoms with van der Waals surface area (Å²) in [4.78, 5) is 11.1. The van der Waals surface area contributed by atoms with E-state index in [-0.39, 0.29) is 17.5 Å². The van der Waals surface area contributed by atoms with Gasteiger partial charge in [0, 0.05) is 9.34 Å². The van der Waals surface area contributed by atoms with Gasteiger partial charge in [0.15, 0.2) is 0 Å². The van der Waals surface area contributed by atoms with Gasteiger partial charge in [0.25, 0.3) is 0 Å². The zero-order valence-electron chi connectivity index (χ0n) is 7.16. The van der Waals surface area contributed by atoms with E-state index in [0.717, 1.165) is 12.8 Å². The van der Waals surface area contributed by atoms with E-state index in [2.05, 4.69) is 22.6 Å². The predicted octanol–water partition coefficient (Wildman–Crippen LogP) is 1.28. The molecule has 4 atom stereocenters. The van der Waals surface area contributed by atoms with Gasteiger partial charge in [0.1, 0.15) is 6.61 Å². The molecular formula is C9H11IO3. The van der Waals surface area contributed by atoms with Crippen LogP contribution in [0.1, 0.15) is 19.3 Å². The molecule has 3 fully saturated rings. The molecule has 0 aromatic rings. The molecule has 2 bridgehead atoms. The maximum Gasteiger partial charge on any atom is 0.306 e. The van der Waals surface area contributed by atoms with Crippen LogP contribution >= 0.6 is 22.6 Å². The summed E-state index contributed by atoms with van der Waals surface area (Å²) in [5.41, 5.74) is 0.0590. The van der Waals surface area contributed by atoms with Crippen molar-refractivity contribution in [2.24, 2.45) is 5.41 Å². The SMILES string of the molecule is O=C1CC2(CO1)CC1O[C@H]2CC1I. The van der Waals surface area contributed by atoms with E-state index in [9.17, 15) is 4.79 Å². The fourth-order valence-electron chi connectivity index (χ4n) is 2.76. The van der Waals surface area contributed by atoms with E-state index in [1.165, 1.54) is 0 Å². The van der Waals surface area contributed by atoms with Crippen molar-refractivity contribution in [1.82, 2.24) is 0 Å². The number of fused-ring (bicyclic) bond motifs is 3. The summed E-state index contributed by atoms with van der Waals surface area (Å²) in [6.07, 6.45) is 3.36. The quantitative estimate of drug-likeness (QED) is 0.383. The van der Waals surface area contributed by atoms with Crippen molar-refractivity contribution < 1.29 is 14.3 Å². The number of rotatable bonds is 0. The summed E-state index contributed by atoms with van der Waals surface area (Å²) in [7, 11) is 0. The normalized spacial score (nSPS) is 53.3. The lowest BCUT2D eigenvalue weighted by Gasteiger charge is -2.28. The van der Waals surface area contributed by atoms with Crippen LogP contribution in [-0.2, 0) is 14.3 Å². The highest BCUT2D eigenvalue weighted by Gasteiger charge is 2.59. The summed E-state index contributed by atoms with van der Waals surface area (Å²) in [5, 5.41) is 0. The Labute approximate surface area is 90.3 Å². The molecule has 3 aliphatic heterocycles. The van der Waals surface area contributed by atoms with Crippen LogP contribution in [0.2, 0.25) is 0 Å². The zero-order chi connectivity index (χ0) is 9.05. The van der Waals surface area contributed by atoms with Gasteiger partial charge in [-0.15, -0.1) is 0 Å². The van der Waals surface area contributed by atoms with Crippen molar-refractivity contribution in [3.05, 3.63) is 0 Å². The Kier molecular flexibility index (Phi) is 1.69. The first kappa shape index (κ1) is 8.47. The summed E-state index contributed by atoms with van der Waals surface area (Å²) in [6, 6.07) is 0. The molecule has 0 amide bonds. The van der Waals surface area contributed by atoms with E-state index in [1.54, 1.807) is 0 Å². The molecule has 3 aliphatic rings. The highest BCUT2D eigenvalue weighted by atomic mass is 127. The summed E-state index contributed by atoms with van der Waals surface area (Å²) >= 11 is 2.45. The van der Waals surface area contributed by atoms with Crippen LogP contribution in [-0.4, -0.2) is 28.7 Å². The van der Waals surface area contributed by atoms with Crippen LogP contribution < -0.4 is 0 Å². The second-order valence-corrected chi connectivity index (χ2v) is 5.92. The van der Waals surface area contributed by atoms with Crippen molar-refractivity contribution in [1.29, 1.82) is 0 Å². The number of halogens is 1. The Morgan fingerprint density at radius 1 is 1.54 bits per heavy atom. The molecule has 3 saturated heterocycles. The number of hydrogen-bond acceptors (Lipinski definition) is 3. The lowest BCUT2D eigenvalue weighted by molar-refractivity contribution is -0.137. The van der Waals surface area contributed by atoms with Crippen LogP contribution in [0.5, 0.6) is 0 Å². The third kappa shape index (κ3) is 1.08. The van der Waals surface area contributed by atoms with Crippen LogP contribution in [0.3, 0.4) is 0 Å². The molecule has 0 radical (unpaired) electrons. The monoisotopic (exact) mass is 294 g/mol. The number of carbonyl (C=O) groups excluding carboxylic acids is 1. The lowest BCUT2D eigenvalue weighted by atomic mass is 9.73. The molecule has 0 saturated carbocycles. The Morgan fingerprint density at radius 2 is 2.38 bits per heavy atom. The van der Waals surface area contributed by atoms with E-state index in [1.807, 2.05) is 0 Å². The molecular weight excluding hydrogens is 283 g/mol. The fourth-order valence-corrected chi connectivity index (χ4v) is 3.65. The molecule has 13 heavy (non-hydrogen) atoms. The zero-order valence-corrected chi connectivity index (χ0v) is 9.32. The van der Waals surface area contributed by atoms with Crippen LogP contribution in [0.25, 0.3) is 0 Å². The molecule has 4 heteroatoms. The van der Waals surface area contributed by atoms with Crippen molar-refractivity contribution in [2.45, 2.75) is 35.4 Å². The average Bonchev–Trinajstić information content (AvgIpc) is 2.68. The molecule has 3 rings (SSSR count). The van der Waals surface area contributed by atoms with Gasteiger partial charge >= 0.3 is 5.97 Å². The second kappa shape index (κ2) is 2.59. The van der Waals surface area contributed by atoms with Crippen molar-refractivity contribution >= 4 is 28.6 Å². The van der Waals surface area contributed by atoms with Gasteiger partial charge in [-0.25, -0.2) is 0 Å². The Balaban J connectivity index is 1.85. The van der Waals surface area contributed by atoms with Gasteiger partial charge in [-0.05, 0) is 12.8 Å². The minimum absolute atomic E-state index is 0.0406. The van der Waals surface area contributed by atoms with E-state index < -0.39 is 0 Å². The molecule has 0 aromatic carbocycles. The van der Waals surface area contributed by atoms with Gasteiger partial charge < -0.3 is 9.47 Å². The maximum atomic E-state index is 11.1. The number of ether oxygens (including phenoxy) is 2. The lowest BCUT2D eigenvalue weighted by Crippen LogP contribution is -2.35. The van der Waals surface area contributed by atoms with E-state index >= 15 is 0 Å². The highest BCUT2D eigenvalue weighted by Crippen LogP contribution is 2.54. The summed E-state index contributed by atoms with van der Waals surface area (Å²) < 4.78 is 11.5. The Bertz CT molecular complexity index is 266. The van der Waals surface area contributed by atoms with Crippen molar-refractivity contribution in [3.63, 3.8) is 0 Å². The van der Waals surface area contributed by atoms with Crippen molar-refractivity contribution in [3.8, 4) is 0 Å². The van der Waals surface area contributed by atoms with Gasteiger partial charge in [-0.1, -0.05) is 22.6 Å². The van der Waals surface area contributed by atoms with E-state index in [0.29, 0.717) is 23.1 Å². The summed E-state index contributed by atoms with van der Waals surface area (Å²) in [6.45, 7) is 0.594. The topological polar surface area (TPSA) is 35.5 Å². The minimum Gasteiger partial charge on any atom is -0.465 e. The van der Waals surface area contributed by atoms with E-state index in [4.69, 9.17) is 9.47 Å². The Morgan fingerprint density at radius 3 is 2.85 bits per heavy atom. The van der Waals surface area contributed by atoms with Crippen LogP contribution in [0.4, 0.5) is 0 Å². The standard InChI is InChI=1S/C9H11IO3/c10-5-1-7-9(2-6(5)13-7)3-8(11)12-4-9/h5-7H,1-4H2/t5?,6?,7-,9?/m0/s1. The average molecular weight is 294 g/mol. The maximum absolute atomic E-state index is 11.1. The smallest absolute Gasteiger partial charge is 0.306 e. The largest absolute Gasteiger partial charge is 0.465 e. The fraction of sp³-hybridized carbons (Fsp3) is 0.889. The molecule has 3 unspecified atom stereocenters. The number of esters is 1. The molecule has 0 aromatic heterocycles. The van der Waals surface area contributed by atoms with Gasteiger partial charge in [-0.2, -0.15) is 0 Å². The molecule has 0 aliphatic carbocycles. The first-order valence-corrected chi connectivity index (χ1v) is 5.89. The number of hydrogen-bond donors (Lipinski definition) is 0. The number of alkyl halides is 1. The minimum atomic E-state index is -0.0406. The molecule has 72 valence electrons. The van der Waals surface area contributed by atoms with Crippen LogP contribution in [0, 0.1) is 5.41 Å². The number of carbonyl (C=O) groups is 1. The Hall–Kier alpha value is 0.160. The number of cyclic esters (lactones) is 1. The molecule has 3 heterocycles. The van der Waals surface area contributed by atoms with Gasteiger partial charge in [0.05, 0.1) is 18.6 Å². The predicted molar refractivity (Wildman–Crippen MR) is 53.7 cm³/mol. The summed E-state index contributed by atoms with van der Waals surface area (Å²) in [5.74, 6) is -0.0406. The van der Waals surface area contributed by atoms with Crippen molar-refractivity contribution in [2.75, 3.05) is 6.61 Å². The first-order chi connectivity index (χ1) is 6.20. The van der Waals surface area contributed by atoms with Gasteiger partial charge in [-0.3, -0.25) is 4.79 Å². The van der Waals surface area contributed by atoms with Gasteiger partial charge in [0.2, 0.25) is 0 Å².